The lowest BCUT2D eigenvalue weighted by Crippen LogP contribution is -2.29. The van der Waals surface area contributed by atoms with Gasteiger partial charge in [0.05, 0.1) is 24.2 Å². The molecule has 0 spiro atoms. The Balaban J connectivity index is 2.08. The molecule has 0 fully saturated rings. The Bertz CT molecular complexity index is 1150. The topological polar surface area (TPSA) is 100.0 Å². The summed E-state index contributed by atoms with van der Waals surface area (Å²) < 4.78 is 5.23. The fourth-order valence-electron chi connectivity index (χ4n) is 4.57. The summed E-state index contributed by atoms with van der Waals surface area (Å²) in [6.45, 7) is 3.76. The van der Waals surface area contributed by atoms with Crippen molar-refractivity contribution >= 4 is 11.8 Å². The summed E-state index contributed by atoms with van der Waals surface area (Å²) in [4.78, 5) is 10.8. The van der Waals surface area contributed by atoms with E-state index in [1.165, 1.54) is 12.1 Å². The van der Waals surface area contributed by atoms with Crippen LogP contribution in [0.1, 0.15) is 42.7 Å². The molecule has 0 aliphatic heterocycles. The molecule has 2 atom stereocenters. The van der Waals surface area contributed by atoms with Crippen molar-refractivity contribution in [1.29, 1.82) is 10.5 Å². The van der Waals surface area contributed by atoms with Crippen LogP contribution in [0.5, 0.6) is 5.75 Å². The van der Waals surface area contributed by atoms with Gasteiger partial charge in [-0.05, 0) is 54.0 Å². The van der Waals surface area contributed by atoms with Crippen molar-refractivity contribution in [2.75, 3.05) is 7.11 Å². The number of methoxy groups -OCH3 is 1. The average Bonchev–Trinajstić information content (AvgIpc) is 2.88. The van der Waals surface area contributed by atoms with Gasteiger partial charge in [0.1, 0.15) is 5.75 Å². The molecule has 1 aliphatic carbocycles. The van der Waals surface area contributed by atoms with Gasteiger partial charge in [-0.2, -0.15) is 10.5 Å². The molecule has 2 aromatic rings. The van der Waals surface area contributed by atoms with Crippen LogP contribution in [-0.2, 0) is 0 Å². The van der Waals surface area contributed by atoms with Gasteiger partial charge >= 0.3 is 0 Å². The minimum absolute atomic E-state index is 0.0242. The first kappa shape index (κ1) is 24.5. The minimum atomic E-state index is -1.28. The van der Waals surface area contributed by atoms with Crippen LogP contribution < -0.4 is 4.74 Å². The number of nitro benzene ring substituents is 1. The third-order valence-electron chi connectivity index (χ3n) is 6.34. The first-order valence-corrected chi connectivity index (χ1v) is 11.2. The van der Waals surface area contributed by atoms with Crippen molar-refractivity contribution in [3.63, 3.8) is 0 Å². The molecule has 0 amide bonds. The summed E-state index contributed by atoms with van der Waals surface area (Å²) in [6, 6.07) is 18.7. The van der Waals surface area contributed by atoms with Crippen molar-refractivity contribution < 1.29 is 9.66 Å². The van der Waals surface area contributed by atoms with Crippen LogP contribution in [0, 0.1) is 44.1 Å². The zero-order chi connectivity index (χ0) is 24.6. The maximum atomic E-state index is 11.2. The molecule has 0 N–H and O–H groups in total. The highest BCUT2D eigenvalue weighted by Gasteiger charge is 2.41. The molecule has 0 radical (unpaired) electrons. The number of nitrogens with zero attached hydrogens (tertiary/aromatic N) is 3. The van der Waals surface area contributed by atoms with Crippen LogP contribution in [0.25, 0.3) is 6.08 Å². The van der Waals surface area contributed by atoms with Gasteiger partial charge in [0, 0.05) is 24.5 Å². The van der Waals surface area contributed by atoms with Gasteiger partial charge in [-0.15, -0.1) is 6.58 Å². The summed E-state index contributed by atoms with van der Waals surface area (Å²) in [5, 5.41) is 31.2. The molecule has 6 heteroatoms. The predicted octanol–water partition coefficient (Wildman–Crippen LogP) is 6.74. The van der Waals surface area contributed by atoms with Crippen molar-refractivity contribution in [3.8, 4) is 17.9 Å². The Hall–Kier alpha value is -4.16. The van der Waals surface area contributed by atoms with Crippen LogP contribution in [0.4, 0.5) is 5.69 Å². The van der Waals surface area contributed by atoms with Crippen LogP contribution in [0.2, 0.25) is 0 Å². The van der Waals surface area contributed by atoms with Crippen molar-refractivity contribution in [3.05, 3.63) is 100 Å². The number of allylic oxidation sites excluding steroid dienone is 4. The number of benzene rings is 2. The first-order chi connectivity index (χ1) is 16.5. The highest BCUT2D eigenvalue weighted by atomic mass is 16.6. The van der Waals surface area contributed by atoms with Crippen LogP contribution >= 0.6 is 0 Å². The molecule has 2 unspecified atom stereocenters. The molecular formula is C28H27N3O3. The van der Waals surface area contributed by atoms with Gasteiger partial charge < -0.3 is 4.74 Å². The number of nitriles is 2. The minimum Gasteiger partial charge on any atom is -0.497 e. The van der Waals surface area contributed by atoms with E-state index >= 15 is 0 Å². The third-order valence-corrected chi connectivity index (χ3v) is 6.34. The number of hydrogen-bond acceptors (Lipinski definition) is 5. The van der Waals surface area contributed by atoms with E-state index in [9.17, 15) is 20.6 Å². The fraction of sp³-hybridized carbons (Fsp3) is 0.286. The van der Waals surface area contributed by atoms with Crippen molar-refractivity contribution in [2.45, 2.75) is 31.6 Å². The van der Waals surface area contributed by atoms with E-state index in [2.05, 4.69) is 24.8 Å². The molecule has 172 valence electrons. The van der Waals surface area contributed by atoms with E-state index in [1.54, 1.807) is 25.3 Å². The summed E-state index contributed by atoms with van der Waals surface area (Å²) in [5.41, 5.74) is 1.44. The highest BCUT2D eigenvalue weighted by molar-refractivity contribution is 5.53. The van der Waals surface area contributed by atoms with E-state index in [0.717, 1.165) is 41.7 Å². The normalized spacial score (nSPS) is 16.7. The molecule has 6 nitrogen and oxygen atoms in total. The largest absolute Gasteiger partial charge is 0.497 e. The van der Waals surface area contributed by atoms with Crippen molar-refractivity contribution in [1.82, 2.24) is 0 Å². The van der Waals surface area contributed by atoms with Gasteiger partial charge in [0.15, 0.2) is 5.41 Å². The number of ether oxygens (including phenoxy) is 1. The molecule has 3 rings (SSSR count). The third kappa shape index (κ3) is 5.24. The molecule has 0 bridgehead atoms. The summed E-state index contributed by atoms with van der Waals surface area (Å²) in [7, 11) is 1.62. The van der Waals surface area contributed by atoms with Gasteiger partial charge in [-0.25, -0.2) is 0 Å². The smallest absolute Gasteiger partial charge is 0.269 e. The number of nitro groups is 1. The van der Waals surface area contributed by atoms with Crippen LogP contribution in [0.3, 0.4) is 0 Å². The maximum Gasteiger partial charge on any atom is 0.269 e. The highest BCUT2D eigenvalue weighted by Crippen LogP contribution is 2.47. The first-order valence-electron chi connectivity index (χ1n) is 11.2. The zero-order valence-electron chi connectivity index (χ0n) is 19.2. The van der Waals surface area contributed by atoms with Gasteiger partial charge in [0.2, 0.25) is 0 Å². The SMILES string of the molecule is C=CCC(C#N)(C#N)C1=CCCCC1C(C=Cc1ccc(OC)cc1)c1ccc([N+](=O)[O-])cc1. The monoisotopic (exact) mass is 453 g/mol. The molecule has 0 aromatic heterocycles. The molecule has 0 saturated carbocycles. The Morgan fingerprint density at radius 1 is 1.21 bits per heavy atom. The molecule has 34 heavy (non-hydrogen) atoms. The average molecular weight is 454 g/mol. The van der Waals surface area contributed by atoms with E-state index < -0.39 is 10.3 Å². The second-order valence-corrected chi connectivity index (χ2v) is 8.33. The summed E-state index contributed by atoms with van der Waals surface area (Å²) in [5.74, 6) is 0.503. The second kappa shape index (κ2) is 11.1. The molecule has 1 aliphatic rings. The Morgan fingerprint density at radius 2 is 1.88 bits per heavy atom. The fourth-order valence-corrected chi connectivity index (χ4v) is 4.57. The number of hydrogen-bond donors (Lipinski definition) is 0. The Kier molecular flexibility index (Phi) is 8.01. The van der Waals surface area contributed by atoms with E-state index in [1.807, 2.05) is 36.4 Å². The van der Waals surface area contributed by atoms with Gasteiger partial charge in [-0.3, -0.25) is 10.1 Å². The second-order valence-electron chi connectivity index (χ2n) is 8.33. The summed E-state index contributed by atoms with van der Waals surface area (Å²) in [6.07, 6.45) is 10.5. The lowest BCUT2D eigenvalue weighted by atomic mass is 9.65. The van der Waals surface area contributed by atoms with Crippen molar-refractivity contribution in [2.24, 2.45) is 11.3 Å². The Labute approximate surface area is 200 Å². The van der Waals surface area contributed by atoms with Gasteiger partial charge in [0.25, 0.3) is 5.69 Å². The lowest BCUT2D eigenvalue weighted by molar-refractivity contribution is -0.384. The standard InChI is InChI=1S/C28H27N3O3/c1-3-18-28(19-29,20-30)27-7-5-4-6-26(27)25(22-11-13-23(14-12-22)31(32)33)17-10-21-8-15-24(34-2)16-9-21/h3,7-17,25-26H,1,4-6,18H2,2H3. The summed E-state index contributed by atoms with van der Waals surface area (Å²) >= 11 is 0. The lowest BCUT2D eigenvalue weighted by Gasteiger charge is -2.36. The Morgan fingerprint density at radius 3 is 2.44 bits per heavy atom. The molecule has 0 saturated heterocycles. The maximum absolute atomic E-state index is 11.2. The quantitative estimate of drug-likeness (QED) is 0.238. The van der Waals surface area contributed by atoms with Crippen LogP contribution in [-0.4, -0.2) is 12.0 Å². The molecule has 0 heterocycles. The van der Waals surface area contributed by atoms with E-state index in [0.29, 0.717) is 0 Å². The predicted molar refractivity (Wildman–Crippen MR) is 132 cm³/mol. The van der Waals surface area contributed by atoms with E-state index in [4.69, 9.17) is 4.74 Å². The molecule has 2 aromatic carbocycles. The zero-order valence-corrected chi connectivity index (χ0v) is 19.2. The number of rotatable bonds is 9. The molecular weight excluding hydrogens is 426 g/mol. The van der Waals surface area contributed by atoms with Crippen LogP contribution in [0.15, 0.2) is 78.9 Å². The van der Waals surface area contributed by atoms with Gasteiger partial charge in [-0.1, -0.05) is 48.6 Å². The number of non-ortho nitro benzene ring substituents is 1. The van der Waals surface area contributed by atoms with E-state index in [-0.39, 0.29) is 23.9 Å².